The predicted molar refractivity (Wildman–Crippen MR) is 206 cm³/mol. The summed E-state index contributed by atoms with van der Waals surface area (Å²) in [5, 5.41) is 17.4. The number of piperazine rings is 2. The van der Waals surface area contributed by atoms with E-state index in [1.807, 2.05) is 36.1 Å². The molecule has 0 spiro atoms. The number of alkyl halides is 3. The standard InChI is InChI=1S/C38H39ClF3N11O4/c1-4-29-32(49-11-13-50(14-12-49)35(56)31-33(55)21(2)43-20-44-31)36(57)53-37(52(29)19-30(54)45-28-10-7-23(15-27(28)39)38(40,41)42)46-34(47-53)22-5-8-24(9-6-22)51-18-25-16-26(51)17-48(25)3/h5-10,15,20,25-26,55H,4,11-14,16-19H2,1-3H3,(H,45,54)/t25-,26-/m0/s1. The molecule has 2 atom stereocenters. The fraction of sp³-hybridized carbons (Fsp3) is 0.395. The Morgan fingerprint density at radius 2 is 1.75 bits per heavy atom. The van der Waals surface area contributed by atoms with Crippen molar-refractivity contribution in [3.63, 3.8) is 0 Å². The van der Waals surface area contributed by atoms with Crippen LogP contribution in [-0.4, -0.2) is 114 Å². The summed E-state index contributed by atoms with van der Waals surface area (Å²) < 4.78 is 42.6. The monoisotopic (exact) mass is 805 g/mol. The number of carbonyl (C=O) groups excluding carboxylic acids is 2. The molecule has 15 nitrogen and oxygen atoms in total. The van der Waals surface area contributed by atoms with Crippen LogP contribution in [0.3, 0.4) is 0 Å². The Hall–Kier alpha value is -5.75. The number of aromatic nitrogens is 6. The summed E-state index contributed by atoms with van der Waals surface area (Å²) >= 11 is 6.17. The minimum Gasteiger partial charge on any atom is -0.504 e. The summed E-state index contributed by atoms with van der Waals surface area (Å²) in [6, 6.07) is 11.5. The fourth-order valence-corrected chi connectivity index (χ4v) is 8.30. The van der Waals surface area contributed by atoms with Gasteiger partial charge in [-0.05, 0) is 69.3 Å². The molecule has 5 aromatic rings. The molecule has 6 heterocycles. The molecule has 0 radical (unpaired) electrons. The molecule has 3 aliphatic rings. The maximum Gasteiger partial charge on any atom is 0.416 e. The van der Waals surface area contributed by atoms with E-state index in [9.17, 15) is 32.7 Å². The first kappa shape index (κ1) is 38.1. The highest BCUT2D eigenvalue weighted by Crippen LogP contribution is 2.36. The minimum atomic E-state index is -4.62. The van der Waals surface area contributed by atoms with Gasteiger partial charge in [-0.1, -0.05) is 18.5 Å². The first-order valence-corrected chi connectivity index (χ1v) is 18.9. The molecule has 3 saturated heterocycles. The van der Waals surface area contributed by atoms with Crippen LogP contribution in [0.1, 0.15) is 40.8 Å². The van der Waals surface area contributed by atoms with Crippen LogP contribution >= 0.6 is 11.6 Å². The number of amides is 2. The van der Waals surface area contributed by atoms with Crippen LogP contribution < -0.4 is 20.7 Å². The van der Waals surface area contributed by atoms with Gasteiger partial charge < -0.3 is 29.7 Å². The van der Waals surface area contributed by atoms with Crippen molar-refractivity contribution in [1.82, 2.24) is 38.9 Å². The number of aromatic hydroxyl groups is 1. The van der Waals surface area contributed by atoms with Gasteiger partial charge in [0.15, 0.2) is 17.3 Å². The third-order valence-electron chi connectivity index (χ3n) is 11.1. The van der Waals surface area contributed by atoms with Gasteiger partial charge in [-0.15, -0.1) is 5.10 Å². The Bertz CT molecular complexity index is 2450. The van der Waals surface area contributed by atoms with Gasteiger partial charge in [0.1, 0.15) is 18.6 Å². The molecule has 2 N–H and O–H groups in total. The second-order valence-corrected chi connectivity index (χ2v) is 15.0. The maximum absolute atomic E-state index is 14.4. The predicted octanol–water partition coefficient (Wildman–Crippen LogP) is 4.09. The Balaban J connectivity index is 1.13. The molecule has 2 aromatic carbocycles. The normalized spacial score (nSPS) is 18.5. The number of rotatable bonds is 8. The van der Waals surface area contributed by atoms with Crippen molar-refractivity contribution in [3.8, 4) is 17.1 Å². The molecular formula is C38H39ClF3N11O4. The van der Waals surface area contributed by atoms with Crippen LogP contribution in [0.25, 0.3) is 17.2 Å². The van der Waals surface area contributed by atoms with E-state index in [0.717, 1.165) is 47.9 Å². The molecule has 298 valence electrons. The molecule has 2 amide bonds. The Morgan fingerprint density at radius 3 is 2.39 bits per heavy atom. The van der Waals surface area contributed by atoms with Crippen molar-refractivity contribution in [2.75, 3.05) is 61.4 Å². The van der Waals surface area contributed by atoms with Crippen LogP contribution in [0.2, 0.25) is 5.02 Å². The second kappa shape index (κ2) is 14.6. The summed E-state index contributed by atoms with van der Waals surface area (Å²) in [5.74, 6) is -1.04. The minimum absolute atomic E-state index is 0.0178. The summed E-state index contributed by atoms with van der Waals surface area (Å²) in [6.45, 7) is 5.81. The molecular weight excluding hydrogens is 767 g/mol. The zero-order valence-electron chi connectivity index (χ0n) is 31.3. The van der Waals surface area contributed by atoms with Crippen LogP contribution in [0.15, 0.2) is 53.6 Å². The van der Waals surface area contributed by atoms with Crippen molar-refractivity contribution < 1.29 is 27.9 Å². The van der Waals surface area contributed by atoms with E-state index >= 15 is 0 Å². The zero-order valence-corrected chi connectivity index (χ0v) is 32.0. The van der Waals surface area contributed by atoms with E-state index in [2.05, 4.69) is 37.2 Å². The highest BCUT2D eigenvalue weighted by Gasteiger charge is 2.41. The Morgan fingerprint density at radius 1 is 1.02 bits per heavy atom. The van der Waals surface area contributed by atoms with Crippen molar-refractivity contribution in [2.24, 2.45) is 0 Å². The maximum atomic E-state index is 14.4. The lowest BCUT2D eigenvalue weighted by atomic mass is 10.1. The number of benzene rings is 2. The average Bonchev–Trinajstić information content (AvgIpc) is 3.92. The van der Waals surface area contributed by atoms with Crippen LogP contribution in [-0.2, 0) is 23.9 Å². The number of likely N-dealkylation sites (tertiary alicyclic amines) is 1. The number of anilines is 3. The number of likely N-dealkylation sites (N-methyl/N-ethyl adjacent to an activating group) is 1. The first-order chi connectivity index (χ1) is 27.2. The summed E-state index contributed by atoms with van der Waals surface area (Å²) in [5.41, 5.74) is 1.18. The van der Waals surface area contributed by atoms with E-state index in [-0.39, 0.29) is 84.3 Å². The molecule has 19 heteroatoms. The van der Waals surface area contributed by atoms with Gasteiger partial charge in [0.2, 0.25) is 11.7 Å². The van der Waals surface area contributed by atoms with E-state index in [0.29, 0.717) is 23.3 Å². The van der Waals surface area contributed by atoms with Gasteiger partial charge in [0.05, 0.1) is 27.7 Å². The second-order valence-electron chi connectivity index (χ2n) is 14.5. The molecule has 3 aliphatic heterocycles. The van der Waals surface area contributed by atoms with Crippen molar-refractivity contribution >= 4 is 46.3 Å². The fourth-order valence-electron chi connectivity index (χ4n) is 8.07. The average molecular weight is 806 g/mol. The number of nitrogens with one attached hydrogen (secondary N) is 1. The number of aryl methyl sites for hydroxylation is 1. The molecule has 3 aromatic heterocycles. The van der Waals surface area contributed by atoms with Crippen molar-refractivity contribution in [2.45, 2.75) is 51.5 Å². The Kier molecular flexibility index (Phi) is 9.79. The van der Waals surface area contributed by atoms with E-state index in [1.54, 1.807) is 11.5 Å². The largest absolute Gasteiger partial charge is 0.504 e. The number of nitrogens with zero attached hydrogens (tertiary/aromatic N) is 10. The third kappa shape index (κ3) is 7.00. The third-order valence-corrected chi connectivity index (χ3v) is 11.4. The summed E-state index contributed by atoms with van der Waals surface area (Å²) in [7, 11) is 2.15. The van der Waals surface area contributed by atoms with Crippen molar-refractivity contribution in [3.05, 3.63) is 86.8 Å². The highest BCUT2D eigenvalue weighted by molar-refractivity contribution is 6.33. The van der Waals surface area contributed by atoms with Gasteiger partial charge in [-0.3, -0.25) is 19.3 Å². The van der Waals surface area contributed by atoms with Gasteiger partial charge in [0, 0.05) is 62.6 Å². The molecule has 3 fully saturated rings. The molecule has 0 aliphatic carbocycles. The number of halogens is 4. The van der Waals surface area contributed by atoms with E-state index < -0.39 is 29.1 Å². The molecule has 0 saturated carbocycles. The van der Waals surface area contributed by atoms with Gasteiger partial charge in [-0.25, -0.2) is 9.97 Å². The van der Waals surface area contributed by atoms with Gasteiger partial charge in [0.25, 0.3) is 11.5 Å². The van der Waals surface area contributed by atoms with Crippen LogP contribution in [0.4, 0.5) is 30.2 Å². The van der Waals surface area contributed by atoms with Crippen LogP contribution in [0, 0.1) is 6.92 Å². The van der Waals surface area contributed by atoms with Gasteiger partial charge in [-0.2, -0.15) is 22.7 Å². The number of hydrogen-bond donors (Lipinski definition) is 2. The SMILES string of the molecule is CCc1c(N2CCN(C(=O)c3ncnc(C)c3O)CC2)c(=O)n2nc(-c3ccc(N4C[C@@H]5C[C@H]4CN5C)cc3)nc2n1CC(=O)Nc1ccc(C(F)(F)F)cc1Cl. The molecule has 57 heavy (non-hydrogen) atoms. The molecule has 2 bridgehead atoms. The number of fused-ring (bicyclic) bond motifs is 3. The molecule has 0 unspecified atom stereocenters. The van der Waals surface area contributed by atoms with Crippen LogP contribution in [0.5, 0.6) is 5.75 Å². The lowest BCUT2D eigenvalue weighted by Gasteiger charge is -2.36. The number of carbonyl (C=O) groups is 2. The lowest BCUT2D eigenvalue weighted by Crippen LogP contribution is -2.51. The summed E-state index contributed by atoms with van der Waals surface area (Å²) in [4.78, 5) is 62.3. The first-order valence-electron chi connectivity index (χ1n) is 18.5. The zero-order chi connectivity index (χ0) is 40.3. The van der Waals surface area contributed by atoms with Gasteiger partial charge >= 0.3 is 6.18 Å². The number of hydrogen-bond acceptors (Lipinski definition) is 11. The smallest absolute Gasteiger partial charge is 0.416 e. The van der Waals surface area contributed by atoms with Crippen molar-refractivity contribution in [1.29, 1.82) is 0 Å². The lowest BCUT2D eigenvalue weighted by molar-refractivity contribution is -0.137. The molecule has 8 rings (SSSR count). The van der Waals surface area contributed by atoms with E-state index in [4.69, 9.17) is 16.6 Å². The summed E-state index contributed by atoms with van der Waals surface area (Å²) in [6.07, 6.45) is -2.00. The van der Waals surface area contributed by atoms with E-state index in [1.165, 1.54) is 11.2 Å². The highest BCUT2D eigenvalue weighted by atomic mass is 35.5. The quantitative estimate of drug-likeness (QED) is 0.233. The Labute approximate surface area is 329 Å². The topological polar surface area (TPSA) is 157 Å².